The molecule has 0 aliphatic rings. The summed E-state index contributed by atoms with van der Waals surface area (Å²) in [4.78, 5) is 11.4. The Morgan fingerprint density at radius 3 is 2.58 bits per heavy atom. The number of benzene rings is 1. The number of carbonyl (C=O) groups excluding carboxylic acids is 1. The largest absolute Gasteiger partial charge is 0.398 e. The van der Waals surface area contributed by atoms with Gasteiger partial charge in [-0.05, 0) is 37.0 Å². The zero-order valence-electron chi connectivity index (χ0n) is 12.2. The maximum atomic E-state index is 11.4. The SMILES string of the molecule is CC(=O)c1cc(NCC(O)CC(C)(C)C)ccc1N. The molecule has 0 aromatic heterocycles. The molecule has 0 fully saturated rings. The van der Waals surface area contributed by atoms with Crippen LogP contribution in [0.25, 0.3) is 0 Å². The Morgan fingerprint density at radius 1 is 1.42 bits per heavy atom. The van der Waals surface area contributed by atoms with E-state index in [0.717, 1.165) is 5.69 Å². The number of hydrogen-bond donors (Lipinski definition) is 3. The summed E-state index contributed by atoms with van der Waals surface area (Å²) in [5.74, 6) is -0.0589. The van der Waals surface area contributed by atoms with Crippen LogP contribution in [0.3, 0.4) is 0 Å². The lowest BCUT2D eigenvalue weighted by atomic mass is 9.89. The first-order valence-corrected chi connectivity index (χ1v) is 6.51. The van der Waals surface area contributed by atoms with E-state index in [1.54, 1.807) is 12.1 Å². The molecule has 1 atom stereocenters. The number of anilines is 2. The van der Waals surface area contributed by atoms with E-state index in [0.29, 0.717) is 24.2 Å². The maximum absolute atomic E-state index is 11.4. The summed E-state index contributed by atoms with van der Waals surface area (Å²) in [5.41, 5.74) is 7.61. The minimum Gasteiger partial charge on any atom is -0.398 e. The Morgan fingerprint density at radius 2 is 2.05 bits per heavy atom. The lowest BCUT2D eigenvalue weighted by Gasteiger charge is -2.23. The number of nitrogens with two attached hydrogens (primary N) is 1. The van der Waals surface area contributed by atoms with Crippen LogP contribution in [0.2, 0.25) is 0 Å². The molecule has 1 aromatic carbocycles. The summed E-state index contributed by atoms with van der Waals surface area (Å²) in [6.07, 6.45) is 0.299. The van der Waals surface area contributed by atoms with Gasteiger partial charge in [-0.2, -0.15) is 0 Å². The molecular formula is C15H24N2O2. The number of aliphatic hydroxyl groups is 1. The van der Waals surface area contributed by atoms with Crippen molar-refractivity contribution in [2.24, 2.45) is 5.41 Å². The smallest absolute Gasteiger partial charge is 0.161 e. The summed E-state index contributed by atoms with van der Waals surface area (Å²) in [7, 11) is 0. The fourth-order valence-electron chi connectivity index (χ4n) is 1.99. The number of carbonyl (C=O) groups is 1. The van der Waals surface area contributed by atoms with Gasteiger partial charge < -0.3 is 16.2 Å². The van der Waals surface area contributed by atoms with E-state index < -0.39 is 6.10 Å². The van der Waals surface area contributed by atoms with Gasteiger partial charge in [0.05, 0.1) is 6.10 Å². The van der Waals surface area contributed by atoms with Gasteiger partial charge in [-0.1, -0.05) is 20.8 Å². The Kier molecular flexibility index (Phi) is 4.95. The molecule has 0 heterocycles. The van der Waals surface area contributed by atoms with Crippen molar-refractivity contribution >= 4 is 17.2 Å². The molecule has 0 aliphatic heterocycles. The maximum Gasteiger partial charge on any atom is 0.161 e. The highest BCUT2D eigenvalue weighted by atomic mass is 16.3. The average molecular weight is 264 g/mol. The van der Waals surface area contributed by atoms with Crippen molar-refractivity contribution in [1.29, 1.82) is 0 Å². The molecule has 0 saturated carbocycles. The molecule has 0 bridgehead atoms. The highest BCUT2D eigenvalue weighted by Gasteiger charge is 2.16. The van der Waals surface area contributed by atoms with Gasteiger partial charge in [0.25, 0.3) is 0 Å². The number of nitrogens with one attached hydrogen (secondary N) is 1. The molecule has 4 nitrogen and oxygen atoms in total. The van der Waals surface area contributed by atoms with Crippen molar-refractivity contribution in [2.45, 2.75) is 40.2 Å². The second-order valence-corrected chi connectivity index (χ2v) is 6.16. The minimum atomic E-state index is -0.418. The van der Waals surface area contributed by atoms with Gasteiger partial charge >= 0.3 is 0 Å². The van der Waals surface area contributed by atoms with E-state index in [1.165, 1.54) is 6.92 Å². The second-order valence-electron chi connectivity index (χ2n) is 6.16. The van der Waals surface area contributed by atoms with Crippen molar-refractivity contribution in [3.05, 3.63) is 23.8 Å². The van der Waals surface area contributed by atoms with Gasteiger partial charge in [0.15, 0.2) is 5.78 Å². The fraction of sp³-hybridized carbons (Fsp3) is 0.533. The number of nitrogen functional groups attached to an aromatic ring is 1. The van der Waals surface area contributed by atoms with Crippen LogP contribution in [-0.2, 0) is 0 Å². The summed E-state index contributed by atoms with van der Waals surface area (Å²) in [6, 6.07) is 5.24. The topological polar surface area (TPSA) is 75.3 Å². The van der Waals surface area contributed by atoms with Crippen LogP contribution in [-0.4, -0.2) is 23.5 Å². The van der Waals surface area contributed by atoms with E-state index in [-0.39, 0.29) is 11.2 Å². The first-order valence-electron chi connectivity index (χ1n) is 6.51. The molecule has 106 valence electrons. The molecule has 1 rings (SSSR count). The Balaban J connectivity index is 2.63. The zero-order valence-corrected chi connectivity index (χ0v) is 12.2. The lowest BCUT2D eigenvalue weighted by Crippen LogP contribution is -2.25. The normalized spacial score (nSPS) is 13.1. The molecular weight excluding hydrogens is 240 g/mol. The Labute approximate surface area is 115 Å². The van der Waals surface area contributed by atoms with Crippen LogP contribution >= 0.6 is 0 Å². The van der Waals surface area contributed by atoms with Crippen LogP contribution in [0.15, 0.2) is 18.2 Å². The molecule has 19 heavy (non-hydrogen) atoms. The molecule has 0 aliphatic carbocycles. The fourth-order valence-corrected chi connectivity index (χ4v) is 1.99. The summed E-state index contributed by atoms with van der Waals surface area (Å²) >= 11 is 0. The van der Waals surface area contributed by atoms with Crippen molar-refractivity contribution in [1.82, 2.24) is 0 Å². The third-order valence-corrected chi connectivity index (χ3v) is 2.82. The van der Waals surface area contributed by atoms with E-state index in [2.05, 4.69) is 26.1 Å². The first-order chi connectivity index (χ1) is 8.69. The van der Waals surface area contributed by atoms with Crippen LogP contribution in [0.1, 0.15) is 44.5 Å². The number of Topliss-reactive ketones (excluding diaryl/α,β-unsaturated/α-hetero) is 1. The third-order valence-electron chi connectivity index (χ3n) is 2.82. The molecule has 0 amide bonds. The van der Waals surface area contributed by atoms with E-state index in [4.69, 9.17) is 5.73 Å². The summed E-state index contributed by atoms with van der Waals surface area (Å²) in [5, 5.41) is 13.1. The van der Waals surface area contributed by atoms with Gasteiger partial charge in [-0.3, -0.25) is 4.79 Å². The van der Waals surface area contributed by atoms with Gasteiger partial charge in [-0.15, -0.1) is 0 Å². The quantitative estimate of drug-likeness (QED) is 0.564. The minimum absolute atomic E-state index is 0.0589. The van der Waals surface area contributed by atoms with Crippen LogP contribution in [0, 0.1) is 5.41 Å². The first kappa shape index (κ1) is 15.5. The van der Waals surface area contributed by atoms with E-state index in [9.17, 15) is 9.90 Å². The summed E-state index contributed by atoms with van der Waals surface area (Å²) < 4.78 is 0. The standard InChI is InChI=1S/C15H24N2O2/c1-10(18)13-7-11(5-6-14(13)16)17-9-12(19)8-15(2,3)4/h5-7,12,17,19H,8-9,16H2,1-4H3. The Bertz CT molecular complexity index is 450. The van der Waals surface area contributed by atoms with Gasteiger partial charge in [-0.25, -0.2) is 0 Å². The predicted molar refractivity (Wildman–Crippen MR) is 79.4 cm³/mol. The van der Waals surface area contributed by atoms with Crippen molar-refractivity contribution in [3.63, 3.8) is 0 Å². The molecule has 1 unspecified atom stereocenters. The summed E-state index contributed by atoms with van der Waals surface area (Å²) in [6.45, 7) is 8.22. The molecule has 0 spiro atoms. The molecule has 0 radical (unpaired) electrons. The number of aliphatic hydroxyl groups excluding tert-OH is 1. The lowest BCUT2D eigenvalue weighted by molar-refractivity contribution is 0.101. The highest BCUT2D eigenvalue weighted by molar-refractivity contribution is 5.99. The van der Waals surface area contributed by atoms with Gasteiger partial charge in [0, 0.05) is 23.5 Å². The molecule has 1 aromatic rings. The number of hydrogen-bond acceptors (Lipinski definition) is 4. The van der Waals surface area contributed by atoms with Crippen molar-refractivity contribution in [2.75, 3.05) is 17.6 Å². The number of ketones is 1. The molecule has 0 saturated heterocycles. The van der Waals surface area contributed by atoms with E-state index >= 15 is 0 Å². The van der Waals surface area contributed by atoms with Crippen LogP contribution in [0.4, 0.5) is 11.4 Å². The molecule has 4 N–H and O–H groups in total. The average Bonchev–Trinajstić information content (AvgIpc) is 2.25. The second kappa shape index (κ2) is 6.06. The third kappa shape index (κ3) is 5.30. The highest BCUT2D eigenvalue weighted by Crippen LogP contribution is 2.22. The molecule has 4 heteroatoms. The van der Waals surface area contributed by atoms with E-state index in [1.807, 2.05) is 6.07 Å². The van der Waals surface area contributed by atoms with Gasteiger partial charge in [0.2, 0.25) is 0 Å². The van der Waals surface area contributed by atoms with Crippen LogP contribution < -0.4 is 11.1 Å². The van der Waals surface area contributed by atoms with Crippen molar-refractivity contribution in [3.8, 4) is 0 Å². The predicted octanol–water partition coefficient (Wildman–Crippen LogP) is 2.68. The van der Waals surface area contributed by atoms with Gasteiger partial charge in [0.1, 0.15) is 0 Å². The Hall–Kier alpha value is -1.55. The van der Waals surface area contributed by atoms with Crippen LogP contribution in [0.5, 0.6) is 0 Å². The monoisotopic (exact) mass is 264 g/mol. The van der Waals surface area contributed by atoms with Crippen molar-refractivity contribution < 1.29 is 9.90 Å². The zero-order chi connectivity index (χ0) is 14.6. The number of rotatable bonds is 5.